The summed E-state index contributed by atoms with van der Waals surface area (Å²) in [6.45, 7) is 17.4. The summed E-state index contributed by atoms with van der Waals surface area (Å²) < 4.78 is 0. The molecule has 0 bridgehead atoms. The van der Waals surface area contributed by atoms with Gasteiger partial charge in [0.2, 0.25) is 0 Å². The summed E-state index contributed by atoms with van der Waals surface area (Å²) in [7, 11) is 0. The quantitative estimate of drug-likeness (QED) is 0.444. The Kier molecular flexibility index (Phi) is 7.90. The predicted molar refractivity (Wildman–Crippen MR) is 109 cm³/mol. The van der Waals surface area contributed by atoms with E-state index >= 15 is 0 Å². The summed E-state index contributed by atoms with van der Waals surface area (Å²) in [6.07, 6.45) is 3.28. The van der Waals surface area contributed by atoms with E-state index in [0.29, 0.717) is 6.04 Å². The molecule has 1 fully saturated rings. The molecule has 0 unspecified atom stereocenters. The number of aliphatic imine (C=N–C) groups is 1. The molecule has 140 valence electrons. The Labute approximate surface area is 156 Å². The second-order valence-electron chi connectivity index (χ2n) is 6.90. The van der Waals surface area contributed by atoms with Gasteiger partial charge in [0.05, 0.1) is 10.7 Å². The van der Waals surface area contributed by atoms with E-state index in [1.807, 2.05) is 0 Å². The third kappa shape index (κ3) is 6.78. The Morgan fingerprint density at radius 1 is 1.36 bits per heavy atom. The first kappa shape index (κ1) is 19.9. The van der Waals surface area contributed by atoms with Crippen LogP contribution in [0.4, 0.5) is 0 Å². The van der Waals surface area contributed by atoms with E-state index in [1.165, 1.54) is 10.5 Å². The lowest BCUT2D eigenvalue weighted by Gasteiger charge is -2.33. The first-order chi connectivity index (χ1) is 12.0. The molecule has 2 N–H and O–H groups in total. The van der Waals surface area contributed by atoms with Gasteiger partial charge < -0.3 is 10.6 Å². The summed E-state index contributed by atoms with van der Waals surface area (Å²) in [5, 5.41) is 8.13. The highest BCUT2D eigenvalue weighted by Gasteiger charge is 2.19. The van der Waals surface area contributed by atoms with Gasteiger partial charge in [-0.15, -0.1) is 11.3 Å². The number of hydrogen-bond donors (Lipinski definition) is 2. The van der Waals surface area contributed by atoms with E-state index in [4.69, 9.17) is 4.99 Å². The molecule has 0 saturated carbocycles. The van der Waals surface area contributed by atoms with Crippen molar-refractivity contribution in [3.05, 3.63) is 27.7 Å². The smallest absolute Gasteiger partial charge is 0.191 e. The van der Waals surface area contributed by atoms with Crippen molar-refractivity contribution in [2.75, 3.05) is 32.7 Å². The van der Waals surface area contributed by atoms with Crippen LogP contribution >= 0.6 is 11.3 Å². The molecule has 5 nitrogen and oxygen atoms in total. The molecule has 1 aromatic heterocycles. The van der Waals surface area contributed by atoms with Crippen LogP contribution in [0.25, 0.3) is 0 Å². The predicted octanol–water partition coefficient (Wildman–Crippen LogP) is 2.90. The lowest BCUT2D eigenvalue weighted by atomic mass is 10.0. The zero-order valence-electron chi connectivity index (χ0n) is 16.2. The Balaban J connectivity index is 1.81. The van der Waals surface area contributed by atoms with Gasteiger partial charge in [0.15, 0.2) is 5.96 Å². The van der Waals surface area contributed by atoms with Gasteiger partial charge in [0.1, 0.15) is 0 Å². The van der Waals surface area contributed by atoms with Crippen molar-refractivity contribution in [3.8, 4) is 0 Å². The van der Waals surface area contributed by atoms with Crippen molar-refractivity contribution >= 4 is 17.3 Å². The molecule has 0 spiro atoms. The van der Waals surface area contributed by atoms with Crippen LogP contribution < -0.4 is 10.6 Å². The molecular formula is C19H33N5S. The number of aryl methyl sites for hydroxylation is 2. The number of hydrogen-bond acceptors (Lipinski definition) is 4. The van der Waals surface area contributed by atoms with Gasteiger partial charge in [-0.2, -0.15) is 0 Å². The van der Waals surface area contributed by atoms with Gasteiger partial charge in [-0.1, -0.05) is 12.2 Å². The van der Waals surface area contributed by atoms with E-state index in [2.05, 4.69) is 54.8 Å². The molecule has 2 rings (SSSR count). The van der Waals surface area contributed by atoms with Crippen molar-refractivity contribution in [2.45, 2.75) is 53.0 Å². The maximum atomic E-state index is 4.77. The molecule has 0 aromatic carbocycles. The van der Waals surface area contributed by atoms with Gasteiger partial charge in [-0.25, -0.2) is 4.98 Å². The SMILES string of the molecule is C=C(C)CN1CCC(NC(=NCCc2sc(C)nc2C)NCC)CC1. The van der Waals surface area contributed by atoms with Gasteiger partial charge in [0, 0.05) is 50.1 Å². The first-order valence-electron chi connectivity index (χ1n) is 9.32. The van der Waals surface area contributed by atoms with Crippen LogP contribution in [-0.4, -0.2) is 54.6 Å². The third-order valence-corrected chi connectivity index (χ3v) is 5.51. The Morgan fingerprint density at radius 2 is 2.08 bits per heavy atom. The van der Waals surface area contributed by atoms with Crippen LogP contribution in [0.3, 0.4) is 0 Å². The maximum Gasteiger partial charge on any atom is 0.191 e. The highest BCUT2D eigenvalue weighted by Crippen LogP contribution is 2.17. The molecule has 0 radical (unpaired) electrons. The third-order valence-electron chi connectivity index (χ3n) is 4.37. The number of likely N-dealkylation sites (tertiary alicyclic amines) is 1. The van der Waals surface area contributed by atoms with Crippen molar-refractivity contribution in [1.82, 2.24) is 20.5 Å². The largest absolute Gasteiger partial charge is 0.357 e. The molecule has 1 aliphatic heterocycles. The van der Waals surface area contributed by atoms with E-state index < -0.39 is 0 Å². The fourth-order valence-electron chi connectivity index (χ4n) is 3.21. The highest BCUT2D eigenvalue weighted by atomic mass is 32.1. The minimum absolute atomic E-state index is 0.506. The number of nitrogens with zero attached hydrogens (tertiary/aromatic N) is 3. The normalized spacial score (nSPS) is 16.9. The van der Waals surface area contributed by atoms with Gasteiger partial charge in [0.25, 0.3) is 0 Å². The first-order valence-corrected chi connectivity index (χ1v) is 10.1. The van der Waals surface area contributed by atoms with Crippen molar-refractivity contribution < 1.29 is 0 Å². The van der Waals surface area contributed by atoms with Crippen LogP contribution in [-0.2, 0) is 6.42 Å². The second-order valence-corrected chi connectivity index (χ2v) is 8.19. The Hall–Kier alpha value is -1.40. The number of rotatable bonds is 7. The second kappa shape index (κ2) is 9.92. The number of nitrogens with one attached hydrogen (secondary N) is 2. The zero-order valence-corrected chi connectivity index (χ0v) is 17.0. The molecule has 25 heavy (non-hydrogen) atoms. The molecule has 1 aliphatic rings. The fraction of sp³-hybridized carbons (Fsp3) is 0.684. The van der Waals surface area contributed by atoms with Crippen LogP contribution in [0.2, 0.25) is 0 Å². The number of aromatic nitrogens is 1. The lowest BCUT2D eigenvalue weighted by Crippen LogP contribution is -2.48. The number of thiazole rings is 1. The monoisotopic (exact) mass is 363 g/mol. The molecule has 6 heteroatoms. The standard InChI is InChI=1S/C19H33N5S/c1-6-20-19(21-10-7-18-15(4)22-16(5)25-18)23-17-8-11-24(12-9-17)13-14(2)3/h17H,2,6-13H2,1,3-5H3,(H2,20,21,23). The van der Waals surface area contributed by atoms with Crippen LogP contribution in [0.15, 0.2) is 17.1 Å². The summed E-state index contributed by atoms with van der Waals surface area (Å²) >= 11 is 1.79. The van der Waals surface area contributed by atoms with Crippen LogP contribution in [0.5, 0.6) is 0 Å². The maximum absolute atomic E-state index is 4.77. The summed E-state index contributed by atoms with van der Waals surface area (Å²) in [5.41, 5.74) is 2.40. The number of guanidine groups is 1. The molecule has 0 atom stereocenters. The van der Waals surface area contributed by atoms with Crippen LogP contribution in [0.1, 0.15) is 42.3 Å². The fourth-order valence-corrected chi connectivity index (χ4v) is 4.13. The summed E-state index contributed by atoms with van der Waals surface area (Å²) in [4.78, 5) is 13.1. The lowest BCUT2D eigenvalue weighted by molar-refractivity contribution is 0.221. The zero-order chi connectivity index (χ0) is 18.2. The van der Waals surface area contributed by atoms with E-state index in [1.54, 1.807) is 11.3 Å². The molecule has 2 heterocycles. The molecule has 0 aliphatic carbocycles. The summed E-state index contributed by atoms with van der Waals surface area (Å²) in [5.74, 6) is 0.944. The minimum atomic E-state index is 0.506. The molecule has 1 aromatic rings. The highest BCUT2D eigenvalue weighted by molar-refractivity contribution is 7.11. The van der Waals surface area contributed by atoms with Crippen molar-refractivity contribution in [1.29, 1.82) is 0 Å². The number of piperidine rings is 1. The average Bonchev–Trinajstić information content (AvgIpc) is 2.86. The van der Waals surface area contributed by atoms with Crippen molar-refractivity contribution in [2.24, 2.45) is 4.99 Å². The molecular weight excluding hydrogens is 330 g/mol. The summed E-state index contributed by atoms with van der Waals surface area (Å²) in [6, 6.07) is 0.506. The molecule has 1 saturated heterocycles. The minimum Gasteiger partial charge on any atom is -0.357 e. The van der Waals surface area contributed by atoms with Gasteiger partial charge in [-0.05, 0) is 40.5 Å². The van der Waals surface area contributed by atoms with E-state index in [-0.39, 0.29) is 0 Å². The van der Waals surface area contributed by atoms with E-state index in [9.17, 15) is 0 Å². The molecule has 0 amide bonds. The van der Waals surface area contributed by atoms with Gasteiger partial charge >= 0.3 is 0 Å². The Bertz CT molecular complexity index is 585. The van der Waals surface area contributed by atoms with Gasteiger partial charge in [-0.3, -0.25) is 9.89 Å². The van der Waals surface area contributed by atoms with Crippen molar-refractivity contribution in [3.63, 3.8) is 0 Å². The topological polar surface area (TPSA) is 52.5 Å². The average molecular weight is 364 g/mol. The van der Waals surface area contributed by atoms with Crippen LogP contribution in [0, 0.1) is 13.8 Å². The van der Waals surface area contributed by atoms with E-state index in [0.717, 1.165) is 68.6 Å². The Morgan fingerprint density at radius 3 is 2.64 bits per heavy atom.